The number of ether oxygens (including phenoxy) is 2. The molecule has 5 nitrogen and oxygen atoms in total. The zero-order valence-electron chi connectivity index (χ0n) is 13.9. The predicted molar refractivity (Wildman–Crippen MR) is 105 cm³/mol. The van der Waals surface area contributed by atoms with Crippen LogP contribution in [0.3, 0.4) is 0 Å². The first-order chi connectivity index (χ1) is 12.7. The molecule has 1 aromatic heterocycles. The van der Waals surface area contributed by atoms with Gasteiger partial charge in [-0.1, -0.05) is 18.1 Å². The second kappa shape index (κ2) is 7.77. The maximum atomic E-state index is 9.56. The molecule has 0 aliphatic heterocycles. The fourth-order valence-corrected chi connectivity index (χ4v) is 3.05. The monoisotopic (exact) mass is 407 g/mol. The highest BCUT2D eigenvalue weighted by molar-refractivity contribution is 9.10. The molecule has 3 aromatic rings. The minimum Gasteiger partial charge on any atom is -0.493 e. The minimum atomic E-state index is 0.132. The second-order valence-electron chi connectivity index (χ2n) is 5.30. The van der Waals surface area contributed by atoms with E-state index in [1.165, 1.54) is 0 Å². The highest BCUT2D eigenvalue weighted by Crippen LogP contribution is 2.37. The third kappa shape index (κ3) is 3.56. The number of para-hydroxylation sites is 2. The summed E-state index contributed by atoms with van der Waals surface area (Å²) < 4.78 is 11.6. The zero-order valence-corrected chi connectivity index (χ0v) is 15.5. The third-order valence-electron chi connectivity index (χ3n) is 3.63. The van der Waals surface area contributed by atoms with Crippen LogP contribution in [0.5, 0.6) is 11.5 Å². The standard InChI is InChI=1S/C20H14BrN3O2/c1-3-8-26-19-15(21)10-13(11-18(19)25-2)9-14(12-22)20-23-16-6-4-5-7-17(16)24-20/h1,4-7,9-11H,8H2,2H3,(H,23,24)/b14-9-. The molecule has 0 saturated carbocycles. The van der Waals surface area contributed by atoms with Gasteiger partial charge in [0, 0.05) is 0 Å². The number of hydrogen-bond donors (Lipinski definition) is 1. The molecule has 0 atom stereocenters. The number of methoxy groups -OCH3 is 1. The Balaban J connectivity index is 2.03. The summed E-state index contributed by atoms with van der Waals surface area (Å²) in [6.07, 6.45) is 6.97. The summed E-state index contributed by atoms with van der Waals surface area (Å²) in [5.74, 6) is 3.96. The molecule has 0 spiro atoms. The van der Waals surface area contributed by atoms with Crippen LogP contribution in [0.2, 0.25) is 0 Å². The number of nitrogens with zero attached hydrogens (tertiary/aromatic N) is 2. The molecule has 0 radical (unpaired) electrons. The molecule has 0 saturated heterocycles. The average Bonchev–Trinajstić information content (AvgIpc) is 3.08. The van der Waals surface area contributed by atoms with Gasteiger partial charge in [0.25, 0.3) is 0 Å². The Bertz CT molecular complexity index is 1040. The van der Waals surface area contributed by atoms with Crippen molar-refractivity contribution in [1.82, 2.24) is 9.97 Å². The summed E-state index contributed by atoms with van der Waals surface area (Å²) in [5.41, 5.74) is 2.85. The molecule has 0 aliphatic rings. The third-order valence-corrected chi connectivity index (χ3v) is 4.22. The molecule has 128 valence electrons. The van der Waals surface area contributed by atoms with E-state index in [4.69, 9.17) is 15.9 Å². The van der Waals surface area contributed by atoms with E-state index >= 15 is 0 Å². The number of nitrogens with one attached hydrogen (secondary N) is 1. The number of terminal acetylenes is 1. The van der Waals surface area contributed by atoms with E-state index in [9.17, 15) is 5.26 Å². The Kier molecular flexibility index (Phi) is 5.26. The van der Waals surface area contributed by atoms with E-state index < -0.39 is 0 Å². The van der Waals surface area contributed by atoms with Gasteiger partial charge in [-0.3, -0.25) is 0 Å². The number of hydrogen-bond acceptors (Lipinski definition) is 4. The minimum absolute atomic E-state index is 0.132. The van der Waals surface area contributed by atoms with Gasteiger partial charge in [-0.25, -0.2) is 4.98 Å². The molecular formula is C20H14BrN3O2. The number of fused-ring (bicyclic) bond motifs is 1. The number of rotatable bonds is 5. The first-order valence-corrected chi connectivity index (χ1v) is 8.46. The van der Waals surface area contributed by atoms with E-state index in [1.807, 2.05) is 30.3 Å². The Morgan fingerprint density at radius 1 is 1.38 bits per heavy atom. The van der Waals surface area contributed by atoms with Crippen molar-refractivity contribution in [2.45, 2.75) is 0 Å². The van der Waals surface area contributed by atoms with Gasteiger partial charge in [-0.05, 0) is 51.8 Å². The van der Waals surface area contributed by atoms with E-state index in [0.29, 0.717) is 27.4 Å². The predicted octanol–water partition coefficient (Wildman–Crippen LogP) is 4.41. The highest BCUT2D eigenvalue weighted by atomic mass is 79.9. The number of allylic oxidation sites excluding steroid dienone is 1. The van der Waals surface area contributed by atoms with E-state index in [0.717, 1.165) is 16.6 Å². The highest BCUT2D eigenvalue weighted by Gasteiger charge is 2.13. The van der Waals surface area contributed by atoms with Crippen molar-refractivity contribution in [3.05, 3.63) is 52.3 Å². The molecule has 26 heavy (non-hydrogen) atoms. The SMILES string of the molecule is C#CCOc1c(Br)cc(/C=C(/C#N)c2nc3ccccc3[nH]2)cc1OC. The van der Waals surface area contributed by atoms with Crippen molar-refractivity contribution in [2.24, 2.45) is 0 Å². The maximum Gasteiger partial charge on any atom is 0.176 e. The summed E-state index contributed by atoms with van der Waals surface area (Å²) in [6, 6.07) is 13.4. The van der Waals surface area contributed by atoms with Crippen LogP contribution in [0, 0.1) is 23.7 Å². The van der Waals surface area contributed by atoms with Gasteiger partial charge in [0.2, 0.25) is 0 Å². The topological polar surface area (TPSA) is 70.9 Å². The normalized spacial score (nSPS) is 11.0. The summed E-state index contributed by atoms with van der Waals surface area (Å²) in [5, 5.41) is 9.56. The lowest BCUT2D eigenvalue weighted by Crippen LogP contribution is -1.98. The number of imidazole rings is 1. The van der Waals surface area contributed by atoms with Crippen molar-refractivity contribution in [1.29, 1.82) is 5.26 Å². The molecule has 1 N–H and O–H groups in total. The average molecular weight is 408 g/mol. The van der Waals surface area contributed by atoms with Gasteiger partial charge >= 0.3 is 0 Å². The fourth-order valence-electron chi connectivity index (χ4n) is 2.48. The maximum absolute atomic E-state index is 9.56. The van der Waals surface area contributed by atoms with Crippen LogP contribution in [0.15, 0.2) is 40.9 Å². The summed E-state index contributed by atoms with van der Waals surface area (Å²) in [6.45, 7) is 0.132. The molecule has 6 heteroatoms. The quantitative estimate of drug-likeness (QED) is 0.502. The number of nitriles is 1. The van der Waals surface area contributed by atoms with Gasteiger partial charge in [-0.15, -0.1) is 6.42 Å². The zero-order chi connectivity index (χ0) is 18.5. The number of aromatic nitrogens is 2. The van der Waals surface area contributed by atoms with Gasteiger partial charge < -0.3 is 14.5 Å². The van der Waals surface area contributed by atoms with Crippen LogP contribution >= 0.6 is 15.9 Å². The van der Waals surface area contributed by atoms with Crippen LogP contribution < -0.4 is 9.47 Å². The Hall–Kier alpha value is -3.22. The van der Waals surface area contributed by atoms with Crippen molar-refractivity contribution in [2.75, 3.05) is 13.7 Å². The Labute approximate surface area is 159 Å². The number of H-pyrrole nitrogens is 1. The van der Waals surface area contributed by atoms with Gasteiger partial charge in [-0.2, -0.15) is 5.26 Å². The molecule has 3 rings (SSSR count). The fraction of sp³-hybridized carbons (Fsp3) is 0.100. The van der Waals surface area contributed by atoms with Crippen molar-refractivity contribution in [3.63, 3.8) is 0 Å². The molecule has 0 aliphatic carbocycles. The first kappa shape index (κ1) is 17.6. The molecule has 0 bridgehead atoms. The van der Waals surface area contributed by atoms with E-state index in [-0.39, 0.29) is 6.61 Å². The lowest BCUT2D eigenvalue weighted by atomic mass is 10.1. The van der Waals surface area contributed by atoms with Crippen LogP contribution in [0.1, 0.15) is 11.4 Å². The number of halogens is 1. The van der Waals surface area contributed by atoms with Crippen LogP contribution in [0.25, 0.3) is 22.7 Å². The van der Waals surface area contributed by atoms with Gasteiger partial charge in [0.1, 0.15) is 18.5 Å². The molecule has 2 aromatic carbocycles. The largest absolute Gasteiger partial charge is 0.493 e. The Morgan fingerprint density at radius 3 is 2.88 bits per heavy atom. The second-order valence-corrected chi connectivity index (χ2v) is 6.15. The molecular weight excluding hydrogens is 394 g/mol. The van der Waals surface area contributed by atoms with Crippen LogP contribution in [0.4, 0.5) is 0 Å². The van der Waals surface area contributed by atoms with Gasteiger partial charge in [0.05, 0.1) is 28.2 Å². The van der Waals surface area contributed by atoms with E-state index in [2.05, 4.69) is 37.9 Å². The van der Waals surface area contributed by atoms with Crippen LogP contribution in [-0.4, -0.2) is 23.7 Å². The van der Waals surface area contributed by atoms with Crippen molar-refractivity contribution >= 4 is 38.6 Å². The molecule has 0 fully saturated rings. The lowest BCUT2D eigenvalue weighted by Gasteiger charge is -2.12. The summed E-state index contributed by atoms with van der Waals surface area (Å²) >= 11 is 3.46. The van der Waals surface area contributed by atoms with E-state index in [1.54, 1.807) is 19.3 Å². The summed E-state index contributed by atoms with van der Waals surface area (Å²) in [7, 11) is 1.54. The smallest absolute Gasteiger partial charge is 0.176 e. The van der Waals surface area contributed by atoms with Gasteiger partial charge in [0.15, 0.2) is 11.5 Å². The molecule has 0 amide bonds. The molecule has 1 heterocycles. The first-order valence-electron chi connectivity index (χ1n) is 7.67. The number of aromatic amines is 1. The Morgan fingerprint density at radius 2 is 2.19 bits per heavy atom. The van der Waals surface area contributed by atoms with Crippen LogP contribution in [-0.2, 0) is 0 Å². The molecule has 0 unspecified atom stereocenters. The number of benzene rings is 2. The van der Waals surface area contributed by atoms with Crippen molar-refractivity contribution < 1.29 is 9.47 Å². The summed E-state index contributed by atoms with van der Waals surface area (Å²) in [4.78, 5) is 7.62. The van der Waals surface area contributed by atoms with Crippen molar-refractivity contribution in [3.8, 4) is 29.9 Å². The lowest BCUT2D eigenvalue weighted by molar-refractivity contribution is 0.329.